The van der Waals surface area contributed by atoms with Gasteiger partial charge in [0.2, 0.25) is 11.8 Å². The zero-order valence-electron chi connectivity index (χ0n) is 10.7. The van der Waals surface area contributed by atoms with Crippen LogP contribution in [0, 0.1) is 11.3 Å². The Morgan fingerprint density at radius 1 is 1.50 bits per heavy atom. The lowest BCUT2D eigenvalue weighted by Gasteiger charge is -2.18. The first-order valence-corrected chi connectivity index (χ1v) is 5.78. The van der Waals surface area contributed by atoms with Crippen molar-refractivity contribution in [3.63, 3.8) is 0 Å². The van der Waals surface area contributed by atoms with Gasteiger partial charge in [0.1, 0.15) is 0 Å². The lowest BCUT2D eigenvalue weighted by Crippen LogP contribution is -2.32. The summed E-state index contributed by atoms with van der Waals surface area (Å²) >= 11 is 0. The molecular formula is C12H22N2O2. The minimum atomic E-state index is 0.0202. The molecule has 0 radical (unpaired) electrons. The smallest absolute Gasteiger partial charge is 0.222 e. The summed E-state index contributed by atoms with van der Waals surface area (Å²) in [5.41, 5.74) is 0.0202. The third-order valence-corrected chi connectivity index (χ3v) is 2.70. The molecule has 1 heterocycles. The van der Waals surface area contributed by atoms with Gasteiger partial charge in [-0.15, -0.1) is 0 Å². The van der Waals surface area contributed by atoms with Gasteiger partial charge in [-0.3, -0.25) is 9.59 Å². The van der Waals surface area contributed by atoms with E-state index in [0.29, 0.717) is 19.4 Å². The number of carbonyl (C=O) groups is 2. The molecule has 1 atom stereocenters. The maximum absolute atomic E-state index is 11.6. The maximum Gasteiger partial charge on any atom is 0.222 e. The van der Waals surface area contributed by atoms with Crippen LogP contribution in [-0.2, 0) is 9.59 Å². The van der Waals surface area contributed by atoms with E-state index in [4.69, 9.17) is 0 Å². The first-order chi connectivity index (χ1) is 7.28. The summed E-state index contributed by atoms with van der Waals surface area (Å²) in [5.74, 6) is 0.533. The van der Waals surface area contributed by atoms with E-state index < -0.39 is 0 Å². The summed E-state index contributed by atoms with van der Waals surface area (Å²) in [6.07, 6.45) is 1.09. The van der Waals surface area contributed by atoms with Gasteiger partial charge in [-0.2, -0.15) is 0 Å². The van der Waals surface area contributed by atoms with Crippen molar-refractivity contribution in [2.45, 2.75) is 33.6 Å². The Kier molecular flexibility index (Phi) is 3.94. The Hall–Kier alpha value is -1.06. The number of hydrogen-bond donors (Lipinski definition) is 1. The van der Waals surface area contributed by atoms with Crippen LogP contribution < -0.4 is 5.32 Å². The van der Waals surface area contributed by atoms with Crippen LogP contribution in [0.2, 0.25) is 0 Å². The second-order valence-corrected chi connectivity index (χ2v) is 5.89. The molecule has 0 aliphatic carbocycles. The quantitative estimate of drug-likeness (QED) is 0.781. The van der Waals surface area contributed by atoms with Crippen molar-refractivity contribution in [1.29, 1.82) is 0 Å². The third kappa shape index (κ3) is 4.21. The second kappa shape index (κ2) is 4.85. The predicted octanol–water partition coefficient (Wildman–Crippen LogP) is 1.02. The van der Waals surface area contributed by atoms with E-state index in [0.717, 1.165) is 6.54 Å². The number of amides is 2. The lowest BCUT2D eigenvalue weighted by molar-refractivity contribution is -0.127. The van der Waals surface area contributed by atoms with Crippen LogP contribution in [0.3, 0.4) is 0 Å². The summed E-state index contributed by atoms with van der Waals surface area (Å²) < 4.78 is 0. The summed E-state index contributed by atoms with van der Waals surface area (Å²) in [6.45, 7) is 7.50. The summed E-state index contributed by atoms with van der Waals surface area (Å²) in [4.78, 5) is 24.6. The van der Waals surface area contributed by atoms with Crippen LogP contribution >= 0.6 is 0 Å². The zero-order valence-corrected chi connectivity index (χ0v) is 10.7. The molecule has 0 aromatic carbocycles. The Morgan fingerprint density at radius 3 is 2.56 bits per heavy atom. The Morgan fingerprint density at radius 2 is 2.12 bits per heavy atom. The molecule has 1 rings (SSSR count). The standard InChI is InChI=1S/C12H22N2O2/c1-12(2,3)6-10(15)13-7-9-5-11(16)14(4)8-9/h9H,5-8H2,1-4H3,(H,13,15). The monoisotopic (exact) mass is 226 g/mol. The van der Waals surface area contributed by atoms with Gasteiger partial charge in [-0.1, -0.05) is 20.8 Å². The number of carbonyl (C=O) groups excluding carboxylic acids is 2. The normalized spacial score (nSPS) is 21.4. The van der Waals surface area contributed by atoms with E-state index in [-0.39, 0.29) is 23.1 Å². The van der Waals surface area contributed by atoms with Crippen molar-refractivity contribution in [2.75, 3.05) is 20.1 Å². The van der Waals surface area contributed by atoms with Crippen LogP contribution in [0.5, 0.6) is 0 Å². The molecule has 0 saturated carbocycles. The molecule has 0 bridgehead atoms. The first-order valence-electron chi connectivity index (χ1n) is 5.78. The molecule has 0 aromatic heterocycles. The summed E-state index contributed by atoms with van der Waals surface area (Å²) in [7, 11) is 1.80. The second-order valence-electron chi connectivity index (χ2n) is 5.89. The van der Waals surface area contributed by atoms with Crippen molar-refractivity contribution in [1.82, 2.24) is 10.2 Å². The highest BCUT2D eigenvalue weighted by Crippen LogP contribution is 2.18. The Bertz CT molecular complexity index is 281. The van der Waals surface area contributed by atoms with Gasteiger partial charge in [-0.25, -0.2) is 0 Å². The van der Waals surface area contributed by atoms with Gasteiger partial charge in [0, 0.05) is 38.9 Å². The van der Waals surface area contributed by atoms with Crippen molar-refractivity contribution >= 4 is 11.8 Å². The average Bonchev–Trinajstić information content (AvgIpc) is 2.40. The highest BCUT2D eigenvalue weighted by molar-refractivity contribution is 5.79. The van der Waals surface area contributed by atoms with Gasteiger partial charge in [0.05, 0.1) is 0 Å². The molecule has 92 valence electrons. The average molecular weight is 226 g/mol. The molecule has 1 saturated heterocycles. The first kappa shape index (κ1) is 13.0. The van der Waals surface area contributed by atoms with E-state index >= 15 is 0 Å². The highest BCUT2D eigenvalue weighted by atomic mass is 16.2. The minimum absolute atomic E-state index is 0.0202. The number of nitrogens with one attached hydrogen (secondary N) is 1. The number of rotatable bonds is 3. The summed E-state index contributed by atoms with van der Waals surface area (Å²) in [5, 5.41) is 2.90. The fraction of sp³-hybridized carbons (Fsp3) is 0.833. The molecule has 1 fully saturated rings. The molecule has 1 N–H and O–H groups in total. The van der Waals surface area contributed by atoms with E-state index in [1.54, 1.807) is 11.9 Å². The largest absolute Gasteiger partial charge is 0.356 e. The van der Waals surface area contributed by atoms with Gasteiger partial charge >= 0.3 is 0 Å². The van der Waals surface area contributed by atoms with Gasteiger partial charge in [0.15, 0.2) is 0 Å². The molecule has 4 heteroatoms. The number of likely N-dealkylation sites (tertiary alicyclic amines) is 1. The fourth-order valence-corrected chi connectivity index (χ4v) is 1.90. The Labute approximate surface area is 97.4 Å². The number of nitrogens with zero attached hydrogens (tertiary/aromatic N) is 1. The highest BCUT2D eigenvalue weighted by Gasteiger charge is 2.27. The van der Waals surface area contributed by atoms with Crippen LogP contribution in [0.25, 0.3) is 0 Å². The molecule has 0 aromatic rings. The zero-order chi connectivity index (χ0) is 12.3. The fourth-order valence-electron chi connectivity index (χ4n) is 1.90. The van der Waals surface area contributed by atoms with E-state index in [9.17, 15) is 9.59 Å². The molecule has 1 aliphatic heterocycles. The van der Waals surface area contributed by atoms with E-state index in [2.05, 4.69) is 5.32 Å². The van der Waals surface area contributed by atoms with Gasteiger partial charge < -0.3 is 10.2 Å². The summed E-state index contributed by atoms with van der Waals surface area (Å²) in [6, 6.07) is 0. The number of hydrogen-bond acceptors (Lipinski definition) is 2. The third-order valence-electron chi connectivity index (χ3n) is 2.70. The SMILES string of the molecule is CN1CC(CNC(=O)CC(C)(C)C)CC1=O. The maximum atomic E-state index is 11.6. The minimum Gasteiger partial charge on any atom is -0.356 e. The van der Waals surface area contributed by atoms with Gasteiger partial charge in [-0.05, 0) is 5.41 Å². The van der Waals surface area contributed by atoms with Gasteiger partial charge in [0.25, 0.3) is 0 Å². The van der Waals surface area contributed by atoms with Crippen LogP contribution in [0.1, 0.15) is 33.6 Å². The Balaban J connectivity index is 2.26. The van der Waals surface area contributed by atoms with E-state index in [1.165, 1.54) is 0 Å². The van der Waals surface area contributed by atoms with Crippen LogP contribution in [0.4, 0.5) is 0 Å². The lowest BCUT2D eigenvalue weighted by atomic mass is 9.92. The van der Waals surface area contributed by atoms with Crippen molar-refractivity contribution in [3.05, 3.63) is 0 Å². The van der Waals surface area contributed by atoms with Crippen LogP contribution in [-0.4, -0.2) is 36.9 Å². The van der Waals surface area contributed by atoms with Crippen molar-refractivity contribution in [3.8, 4) is 0 Å². The molecule has 2 amide bonds. The molecule has 16 heavy (non-hydrogen) atoms. The molecular weight excluding hydrogens is 204 g/mol. The van der Waals surface area contributed by atoms with Crippen LogP contribution in [0.15, 0.2) is 0 Å². The van der Waals surface area contributed by atoms with E-state index in [1.807, 2.05) is 20.8 Å². The molecule has 0 spiro atoms. The van der Waals surface area contributed by atoms with Crippen molar-refractivity contribution < 1.29 is 9.59 Å². The molecule has 4 nitrogen and oxygen atoms in total. The molecule has 1 aliphatic rings. The van der Waals surface area contributed by atoms with Crippen molar-refractivity contribution in [2.24, 2.45) is 11.3 Å². The predicted molar refractivity (Wildman–Crippen MR) is 62.8 cm³/mol. The molecule has 1 unspecified atom stereocenters. The topological polar surface area (TPSA) is 49.4 Å².